The van der Waals surface area contributed by atoms with Crippen LogP contribution in [0.15, 0.2) is 12.1 Å². The van der Waals surface area contributed by atoms with E-state index in [2.05, 4.69) is 20.8 Å². The average molecular weight is 249 g/mol. The summed E-state index contributed by atoms with van der Waals surface area (Å²) < 4.78 is 25.7. The Balaban J connectivity index is 1.82. The molecule has 4 nitrogen and oxygen atoms in total. The van der Waals surface area contributed by atoms with Crippen LogP contribution in [0.5, 0.6) is 0 Å². The van der Waals surface area contributed by atoms with Gasteiger partial charge in [0.2, 0.25) is 0 Å². The first kappa shape index (κ1) is 11.5. The van der Waals surface area contributed by atoms with Crippen molar-refractivity contribution >= 4 is 17.4 Å². The van der Waals surface area contributed by atoms with Crippen LogP contribution in [0.25, 0.3) is 0 Å². The van der Waals surface area contributed by atoms with E-state index in [0.717, 1.165) is 0 Å². The Hall–Kier alpha value is -1.01. The van der Waals surface area contributed by atoms with E-state index >= 15 is 0 Å². The number of rotatable bonds is 3. The van der Waals surface area contributed by atoms with Crippen molar-refractivity contribution in [2.24, 2.45) is 0 Å². The van der Waals surface area contributed by atoms with Crippen LogP contribution in [0.3, 0.4) is 0 Å². The maximum Gasteiger partial charge on any atom is 0.261 e. The third kappa shape index (κ3) is 2.99. The normalized spacial score (nSPS) is 23.3. The van der Waals surface area contributed by atoms with E-state index in [9.17, 15) is 8.78 Å². The van der Waals surface area contributed by atoms with Crippen LogP contribution in [0.4, 0.5) is 14.6 Å². The minimum absolute atomic E-state index is 0.152. The summed E-state index contributed by atoms with van der Waals surface area (Å²) in [4.78, 5) is 0. The highest BCUT2D eigenvalue weighted by molar-refractivity contribution is 6.29. The molecule has 1 unspecified atom stereocenters. The molecule has 1 aromatic heterocycles. The van der Waals surface area contributed by atoms with Gasteiger partial charge < -0.3 is 10.6 Å². The highest BCUT2D eigenvalue weighted by Crippen LogP contribution is 2.25. The van der Waals surface area contributed by atoms with Gasteiger partial charge in [-0.1, -0.05) is 11.6 Å². The number of alkyl halides is 2. The number of hydrogen-bond donors (Lipinski definition) is 2. The van der Waals surface area contributed by atoms with Crippen molar-refractivity contribution < 1.29 is 8.78 Å². The Morgan fingerprint density at radius 2 is 2.31 bits per heavy atom. The van der Waals surface area contributed by atoms with Gasteiger partial charge in [-0.25, -0.2) is 8.78 Å². The fraction of sp³-hybridized carbons (Fsp3) is 0.556. The van der Waals surface area contributed by atoms with Crippen molar-refractivity contribution in [2.45, 2.75) is 18.4 Å². The van der Waals surface area contributed by atoms with Gasteiger partial charge in [-0.15, -0.1) is 10.2 Å². The molecule has 0 aliphatic carbocycles. The van der Waals surface area contributed by atoms with Gasteiger partial charge in [0.15, 0.2) is 5.15 Å². The summed E-state index contributed by atoms with van der Waals surface area (Å²) >= 11 is 5.56. The van der Waals surface area contributed by atoms with Gasteiger partial charge in [0.25, 0.3) is 5.92 Å². The molecule has 16 heavy (non-hydrogen) atoms. The molecule has 0 amide bonds. The van der Waals surface area contributed by atoms with Crippen LogP contribution in [0.2, 0.25) is 5.15 Å². The topological polar surface area (TPSA) is 49.8 Å². The molecule has 1 aliphatic rings. The van der Waals surface area contributed by atoms with Crippen LogP contribution in [0.1, 0.15) is 6.42 Å². The lowest BCUT2D eigenvalue weighted by molar-refractivity contribution is 0.0214. The van der Waals surface area contributed by atoms with Gasteiger partial charge in [0.1, 0.15) is 5.82 Å². The second-order valence-electron chi connectivity index (χ2n) is 3.76. The van der Waals surface area contributed by atoms with E-state index in [4.69, 9.17) is 11.6 Å². The summed E-state index contributed by atoms with van der Waals surface area (Å²) in [7, 11) is 0. The van der Waals surface area contributed by atoms with E-state index in [1.165, 1.54) is 0 Å². The van der Waals surface area contributed by atoms with E-state index in [-0.39, 0.29) is 19.0 Å². The second-order valence-corrected chi connectivity index (χ2v) is 4.15. The lowest BCUT2D eigenvalue weighted by Gasteiger charge is -2.11. The van der Waals surface area contributed by atoms with Crippen molar-refractivity contribution in [1.29, 1.82) is 0 Å². The monoisotopic (exact) mass is 248 g/mol. The summed E-state index contributed by atoms with van der Waals surface area (Å²) in [6, 6.07) is 3.00. The average Bonchev–Trinajstić information content (AvgIpc) is 2.58. The summed E-state index contributed by atoms with van der Waals surface area (Å²) in [5, 5.41) is 13.4. The van der Waals surface area contributed by atoms with Crippen molar-refractivity contribution in [3.63, 3.8) is 0 Å². The highest BCUT2D eigenvalue weighted by Gasteiger charge is 2.38. The predicted octanol–water partition coefficient (Wildman–Crippen LogP) is 1.54. The molecular formula is C9H11ClF2N4. The van der Waals surface area contributed by atoms with Gasteiger partial charge in [-0.2, -0.15) is 0 Å². The summed E-state index contributed by atoms with van der Waals surface area (Å²) in [6.45, 7) is 0.136. The first-order valence-electron chi connectivity index (χ1n) is 4.89. The minimum atomic E-state index is -2.60. The molecule has 1 fully saturated rings. The quantitative estimate of drug-likeness (QED) is 0.852. The molecule has 1 aromatic rings. The Kier molecular flexibility index (Phi) is 3.20. The van der Waals surface area contributed by atoms with E-state index in [1.54, 1.807) is 12.1 Å². The van der Waals surface area contributed by atoms with Crippen LogP contribution >= 0.6 is 11.6 Å². The first-order valence-corrected chi connectivity index (χ1v) is 5.27. The molecule has 0 aromatic carbocycles. The molecule has 1 atom stereocenters. The molecule has 1 saturated heterocycles. The zero-order valence-corrected chi connectivity index (χ0v) is 9.14. The Morgan fingerprint density at radius 3 is 2.88 bits per heavy atom. The molecule has 2 rings (SSSR count). The van der Waals surface area contributed by atoms with E-state index in [0.29, 0.717) is 17.5 Å². The zero-order valence-electron chi connectivity index (χ0n) is 8.38. The largest absolute Gasteiger partial charge is 0.367 e. The molecule has 0 bridgehead atoms. The molecule has 88 valence electrons. The third-order valence-electron chi connectivity index (χ3n) is 2.36. The van der Waals surface area contributed by atoms with Crippen molar-refractivity contribution in [1.82, 2.24) is 15.5 Å². The lowest BCUT2D eigenvalue weighted by atomic mass is 10.2. The van der Waals surface area contributed by atoms with Crippen molar-refractivity contribution in [3.05, 3.63) is 17.3 Å². The molecule has 0 saturated carbocycles. The molecule has 2 heterocycles. The Bertz CT molecular complexity index is 357. The number of anilines is 1. The van der Waals surface area contributed by atoms with Gasteiger partial charge in [-0.05, 0) is 12.1 Å². The van der Waals surface area contributed by atoms with Crippen molar-refractivity contribution in [3.8, 4) is 0 Å². The molecule has 2 N–H and O–H groups in total. The van der Waals surface area contributed by atoms with E-state index < -0.39 is 5.92 Å². The van der Waals surface area contributed by atoms with Gasteiger partial charge in [0, 0.05) is 19.0 Å². The maximum atomic E-state index is 12.8. The van der Waals surface area contributed by atoms with Gasteiger partial charge in [0.05, 0.1) is 6.54 Å². The minimum Gasteiger partial charge on any atom is -0.367 e. The smallest absolute Gasteiger partial charge is 0.261 e. The molecule has 0 radical (unpaired) electrons. The zero-order chi connectivity index (χ0) is 11.6. The fourth-order valence-electron chi connectivity index (χ4n) is 1.58. The predicted molar refractivity (Wildman–Crippen MR) is 56.9 cm³/mol. The van der Waals surface area contributed by atoms with Crippen molar-refractivity contribution in [2.75, 3.05) is 18.4 Å². The van der Waals surface area contributed by atoms with Gasteiger partial charge in [-0.3, -0.25) is 0 Å². The van der Waals surface area contributed by atoms with Crippen LogP contribution in [-0.2, 0) is 0 Å². The van der Waals surface area contributed by atoms with Crippen LogP contribution in [0, 0.1) is 0 Å². The Morgan fingerprint density at radius 1 is 1.50 bits per heavy atom. The van der Waals surface area contributed by atoms with Crippen LogP contribution < -0.4 is 10.6 Å². The third-order valence-corrected chi connectivity index (χ3v) is 2.56. The van der Waals surface area contributed by atoms with Crippen LogP contribution in [-0.4, -0.2) is 35.3 Å². The lowest BCUT2D eigenvalue weighted by Crippen LogP contribution is -2.29. The first-order chi connectivity index (χ1) is 7.55. The molecule has 1 aliphatic heterocycles. The fourth-order valence-corrected chi connectivity index (χ4v) is 1.68. The van der Waals surface area contributed by atoms with E-state index in [1.807, 2.05) is 0 Å². The summed E-state index contributed by atoms with van der Waals surface area (Å²) in [5.74, 6) is -2.07. The maximum absolute atomic E-state index is 12.8. The molecule has 0 spiro atoms. The number of nitrogens with zero attached hydrogens (tertiary/aromatic N) is 2. The number of halogens is 3. The molecular weight excluding hydrogens is 238 g/mol. The number of hydrogen-bond acceptors (Lipinski definition) is 4. The summed E-state index contributed by atoms with van der Waals surface area (Å²) in [5.41, 5.74) is 0. The standard InChI is InChI=1S/C9H11ClF2N4/c10-7-1-2-8(16-15-7)13-4-6-3-9(11,12)5-14-6/h1-2,6,14H,3-5H2,(H,13,16). The Labute approximate surface area is 96.4 Å². The number of aromatic nitrogens is 2. The number of nitrogens with one attached hydrogen (secondary N) is 2. The SMILES string of the molecule is FC1(F)CNC(CNc2ccc(Cl)nn2)C1. The summed E-state index contributed by atoms with van der Waals surface area (Å²) in [6.07, 6.45) is -0.152. The second kappa shape index (κ2) is 4.47. The highest BCUT2D eigenvalue weighted by atomic mass is 35.5. The van der Waals surface area contributed by atoms with Gasteiger partial charge >= 0.3 is 0 Å². The molecule has 7 heteroatoms.